The van der Waals surface area contributed by atoms with Crippen LogP contribution in [-0.4, -0.2) is 31.7 Å². The summed E-state index contributed by atoms with van der Waals surface area (Å²) in [5, 5.41) is 17.6. The van der Waals surface area contributed by atoms with Crippen LogP contribution in [0.25, 0.3) is 0 Å². The molecule has 15 heavy (non-hydrogen) atoms. The second kappa shape index (κ2) is 4.59. The van der Waals surface area contributed by atoms with E-state index in [-0.39, 0.29) is 6.42 Å². The van der Waals surface area contributed by atoms with E-state index in [2.05, 4.69) is 4.98 Å². The lowest BCUT2D eigenvalue weighted by Gasteiger charge is -2.15. The fourth-order valence-electron chi connectivity index (χ4n) is 1.24. The van der Waals surface area contributed by atoms with Crippen LogP contribution in [0.2, 0.25) is 0 Å². The molecule has 0 amide bonds. The van der Waals surface area contributed by atoms with Crippen molar-refractivity contribution in [2.24, 2.45) is 5.92 Å². The smallest absolute Gasteiger partial charge is 0.326 e. The van der Waals surface area contributed by atoms with Gasteiger partial charge in [-0.3, -0.25) is 4.79 Å². The Labute approximate surface area is 86.2 Å². The van der Waals surface area contributed by atoms with Crippen LogP contribution in [0.3, 0.4) is 0 Å². The summed E-state index contributed by atoms with van der Waals surface area (Å²) in [6.45, 7) is 1.48. The number of carbonyl (C=O) groups is 2. The van der Waals surface area contributed by atoms with Crippen molar-refractivity contribution in [2.45, 2.75) is 19.4 Å². The third kappa shape index (κ3) is 2.80. The zero-order valence-corrected chi connectivity index (χ0v) is 8.20. The molecule has 0 radical (unpaired) electrons. The van der Waals surface area contributed by atoms with Gasteiger partial charge >= 0.3 is 11.9 Å². The summed E-state index contributed by atoms with van der Waals surface area (Å²) in [4.78, 5) is 25.3. The molecule has 0 aliphatic carbocycles. The van der Waals surface area contributed by atoms with Crippen molar-refractivity contribution in [1.29, 1.82) is 0 Å². The average molecular weight is 212 g/mol. The van der Waals surface area contributed by atoms with Gasteiger partial charge in [0.1, 0.15) is 6.04 Å². The third-order valence-corrected chi connectivity index (χ3v) is 2.17. The van der Waals surface area contributed by atoms with Gasteiger partial charge in [0, 0.05) is 12.4 Å². The Morgan fingerprint density at radius 2 is 2.07 bits per heavy atom. The summed E-state index contributed by atoms with van der Waals surface area (Å²) in [6, 6.07) is -0.876. The van der Waals surface area contributed by atoms with Crippen LogP contribution in [0.4, 0.5) is 0 Å². The second-order valence-corrected chi connectivity index (χ2v) is 3.34. The number of imidazole rings is 1. The molecule has 0 spiro atoms. The lowest BCUT2D eigenvalue weighted by Crippen LogP contribution is -2.23. The van der Waals surface area contributed by atoms with Crippen molar-refractivity contribution < 1.29 is 19.8 Å². The fraction of sp³-hybridized carbons (Fsp3) is 0.444. The molecule has 0 aliphatic heterocycles. The first kappa shape index (κ1) is 11.2. The molecule has 0 aromatic carbocycles. The molecule has 2 unspecified atom stereocenters. The van der Waals surface area contributed by atoms with Crippen LogP contribution < -0.4 is 0 Å². The molecule has 6 heteroatoms. The van der Waals surface area contributed by atoms with E-state index in [0.29, 0.717) is 0 Å². The Balaban J connectivity index is 2.77. The van der Waals surface area contributed by atoms with Crippen LogP contribution in [0.1, 0.15) is 19.4 Å². The molecule has 1 heterocycles. The minimum absolute atomic E-state index is 0.0427. The summed E-state index contributed by atoms with van der Waals surface area (Å²) in [5.41, 5.74) is 0. The van der Waals surface area contributed by atoms with E-state index in [9.17, 15) is 9.59 Å². The summed E-state index contributed by atoms with van der Waals surface area (Å²) in [6.07, 6.45) is 4.38. The third-order valence-electron chi connectivity index (χ3n) is 2.17. The first-order valence-corrected chi connectivity index (χ1v) is 4.45. The minimum Gasteiger partial charge on any atom is -0.481 e. The van der Waals surface area contributed by atoms with Crippen molar-refractivity contribution in [1.82, 2.24) is 9.55 Å². The normalized spacial score (nSPS) is 14.5. The van der Waals surface area contributed by atoms with Gasteiger partial charge in [-0.25, -0.2) is 9.78 Å². The van der Waals surface area contributed by atoms with Gasteiger partial charge in [-0.15, -0.1) is 0 Å². The number of carboxylic acids is 2. The maximum Gasteiger partial charge on any atom is 0.326 e. The van der Waals surface area contributed by atoms with E-state index >= 15 is 0 Å². The molecule has 6 nitrogen and oxygen atoms in total. The standard InChI is InChI=1S/C9H12N2O4/c1-6(8(12)13)4-7(9(14)15)11-3-2-10-5-11/h2-3,5-7H,4H2,1H3,(H,12,13)(H,14,15). The second-order valence-electron chi connectivity index (χ2n) is 3.34. The van der Waals surface area contributed by atoms with Crippen molar-refractivity contribution in [3.63, 3.8) is 0 Å². The van der Waals surface area contributed by atoms with Crippen LogP contribution in [-0.2, 0) is 9.59 Å². The first-order valence-electron chi connectivity index (χ1n) is 4.45. The van der Waals surface area contributed by atoms with Gasteiger partial charge in [0.15, 0.2) is 0 Å². The Bertz CT molecular complexity index is 347. The first-order chi connectivity index (χ1) is 7.02. The van der Waals surface area contributed by atoms with Gasteiger partial charge in [-0.1, -0.05) is 6.92 Å². The van der Waals surface area contributed by atoms with Crippen LogP contribution in [0, 0.1) is 5.92 Å². The average Bonchev–Trinajstić information content (AvgIpc) is 2.65. The highest BCUT2D eigenvalue weighted by Crippen LogP contribution is 2.17. The number of hydrogen-bond donors (Lipinski definition) is 2. The molecule has 2 atom stereocenters. The highest BCUT2D eigenvalue weighted by molar-refractivity contribution is 5.74. The molecule has 1 rings (SSSR count). The zero-order valence-electron chi connectivity index (χ0n) is 8.20. The Morgan fingerprint density at radius 3 is 2.47 bits per heavy atom. The molecular formula is C9H12N2O4. The number of hydrogen-bond acceptors (Lipinski definition) is 3. The van der Waals surface area contributed by atoms with E-state index in [1.807, 2.05) is 0 Å². The molecular weight excluding hydrogens is 200 g/mol. The maximum absolute atomic E-state index is 10.9. The predicted molar refractivity (Wildman–Crippen MR) is 50.3 cm³/mol. The van der Waals surface area contributed by atoms with Crippen LogP contribution in [0.15, 0.2) is 18.7 Å². The number of nitrogens with zero attached hydrogens (tertiary/aromatic N) is 2. The molecule has 1 aromatic heterocycles. The Hall–Kier alpha value is -1.85. The summed E-state index contributed by atoms with van der Waals surface area (Å²) < 4.78 is 1.39. The number of aliphatic carboxylic acids is 2. The van der Waals surface area contributed by atoms with Crippen LogP contribution >= 0.6 is 0 Å². The highest BCUT2D eigenvalue weighted by atomic mass is 16.4. The van der Waals surface area contributed by atoms with Crippen LogP contribution in [0.5, 0.6) is 0 Å². The van der Waals surface area contributed by atoms with Crippen molar-refractivity contribution in [3.05, 3.63) is 18.7 Å². The topological polar surface area (TPSA) is 92.4 Å². The van der Waals surface area contributed by atoms with Gasteiger partial charge in [0.25, 0.3) is 0 Å². The number of aromatic nitrogens is 2. The number of rotatable bonds is 5. The van der Waals surface area contributed by atoms with E-state index in [0.717, 1.165) is 0 Å². The molecule has 0 aliphatic rings. The van der Waals surface area contributed by atoms with Crippen molar-refractivity contribution in [3.8, 4) is 0 Å². The Morgan fingerprint density at radius 1 is 1.40 bits per heavy atom. The van der Waals surface area contributed by atoms with Gasteiger partial charge in [-0.05, 0) is 6.42 Å². The lowest BCUT2D eigenvalue weighted by atomic mass is 10.0. The lowest BCUT2D eigenvalue weighted by molar-refractivity contribution is -0.144. The monoisotopic (exact) mass is 212 g/mol. The zero-order chi connectivity index (χ0) is 11.4. The van der Waals surface area contributed by atoms with Gasteiger partial charge in [-0.2, -0.15) is 0 Å². The van der Waals surface area contributed by atoms with Gasteiger partial charge in [0.2, 0.25) is 0 Å². The largest absolute Gasteiger partial charge is 0.481 e. The predicted octanol–water partition coefficient (Wildman–Crippen LogP) is 0.620. The Kier molecular flexibility index (Phi) is 3.43. The molecule has 0 saturated heterocycles. The molecule has 82 valence electrons. The van der Waals surface area contributed by atoms with E-state index < -0.39 is 23.9 Å². The van der Waals surface area contributed by atoms with Crippen molar-refractivity contribution in [2.75, 3.05) is 0 Å². The summed E-state index contributed by atoms with van der Waals surface area (Å²) in [5.74, 6) is -2.75. The quantitative estimate of drug-likeness (QED) is 0.746. The maximum atomic E-state index is 10.9. The minimum atomic E-state index is -1.05. The van der Waals surface area contributed by atoms with Gasteiger partial charge < -0.3 is 14.8 Å². The molecule has 2 N–H and O–H groups in total. The van der Waals surface area contributed by atoms with Gasteiger partial charge in [0.05, 0.1) is 12.2 Å². The van der Waals surface area contributed by atoms with E-state index in [1.54, 1.807) is 0 Å². The van der Waals surface area contributed by atoms with E-state index in [1.165, 1.54) is 30.2 Å². The molecule has 1 aromatic rings. The molecule has 0 bridgehead atoms. The SMILES string of the molecule is CC(CC(C(=O)O)n1ccnc1)C(=O)O. The molecule has 0 saturated carbocycles. The van der Waals surface area contributed by atoms with Crippen molar-refractivity contribution >= 4 is 11.9 Å². The summed E-state index contributed by atoms with van der Waals surface area (Å²) >= 11 is 0. The highest BCUT2D eigenvalue weighted by Gasteiger charge is 2.24. The molecule has 0 fully saturated rings. The summed E-state index contributed by atoms with van der Waals surface area (Å²) in [7, 11) is 0. The fourth-order valence-corrected chi connectivity index (χ4v) is 1.24. The number of carboxylic acid groups (broad SMARTS) is 2. The van der Waals surface area contributed by atoms with E-state index in [4.69, 9.17) is 10.2 Å².